The van der Waals surface area contributed by atoms with Crippen LogP contribution in [0.5, 0.6) is 11.5 Å². The zero-order chi connectivity index (χ0) is 18.4. The molecule has 0 bridgehead atoms. The van der Waals surface area contributed by atoms with E-state index in [1.807, 2.05) is 20.8 Å². The minimum Gasteiger partial charge on any atom is -0.493 e. The van der Waals surface area contributed by atoms with E-state index in [4.69, 9.17) is 14.6 Å². The first-order chi connectivity index (χ1) is 11.9. The maximum absolute atomic E-state index is 12.5. The van der Waals surface area contributed by atoms with Gasteiger partial charge in [-0.15, -0.1) is 0 Å². The van der Waals surface area contributed by atoms with Gasteiger partial charge in [0.05, 0.1) is 18.9 Å². The van der Waals surface area contributed by atoms with Gasteiger partial charge < -0.3 is 14.6 Å². The van der Waals surface area contributed by atoms with Crippen LogP contribution >= 0.6 is 11.3 Å². The number of ether oxygens (including phenoxy) is 2. The van der Waals surface area contributed by atoms with Gasteiger partial charge in [-0.05, 0) is 32.4 Å². The number of amides is 1. The third kappa shape index (κ3) is 5.46. The van der Waals surface area contributed by atoms with Crippen LogP contribution in [0.25, 0.3) is 0 Å². The average Bonchev–Trinajstić information content (AvgIpc) is 3.00. The third-order valence-electron chi connectivity index (χ3n) is 2.92. The van der Waals surface area contributed by atoms with Crippen molar-refractivity contribution in [1.82, 2.24) is 4.98 Å². The molecule has 134 valence electrons. The van der Waals surface area contributed by atoms with Crippen LogP contribution in [0.2, 0.25) is 0 Å². The van der Waals surface area contributed by atoms with Crippen LogP contribution in [0.15, 0.2) is 24.4 Å². The summed E-state index contributed by atoms with van der Waals surface area (Å²) >= 11 is 0.892. The van der Waals surface area contributed by atoms with Crippen LogP contribution < -0.4 is 14.8 Å². The predicted octanol–water partition coefficient (Wildman–Crippen LogP) is 3.67. The van der Waals surface area contributed by atoms with Crippen LogP contribution in [0.1, 0.15) is 47.2 Å². The highest BCUT2D eigenvalue weighted by Crippen LogP contribution is 2.26. The lowest BCUT2D eigenvalue weighted by Crippen LogP contribution is -2.13. The van der Waals surface area contributed by atoms with Gasteiger partial charge in [-0.1, -0.05) is 18.3 Å². The first-order valence-electron chi connectivity index (χ1n) is 7.84. The minimum atomic E-state index is -1.08. The molecule has 8 heteroatoms. The fraction of sp³-hybridized carbons (Fsp3) is 0.353. The average molecular weight is 364 g/mol. The number of aromatic nitrogens is 1. The number of carbonyl (C=O) groups excluding carboxylic acids is 1. The quantitative estimate of drug-likeness (QED) is 0.742. The zero-order valence-corrected chi connectivity index (χ0v) is 15.1. The van der Waals surface area contributed by atoms with Gasteiger partial charge in [0.1, 0.15) is 16.4 Å². The van der Waals surface area contributed by atoms with Gasteiger partial charge in [0.2, 0.25) is 0 Å². The highest BCUT2D eigenvalue weighted by molar-refractivity contribution is 7.17. The van der Waals surface area contributed by atoms with E-state index >= 15 is 0 Å². The number of carbonyl (C=O) groups is 2. The summed E-state index contributed by atoms with van der Waals surface area (Å²) < 4.78 is 11.3. The Bertz CT molecular complexity index is 757. The number of thiazole rings is 1. The number of nitrogens with zero attached hydrogens (tertiary/aromatic N) is 1. The summed E-state index contributed by atoms with van der Waals surface area (Å²) in [5.74, 6) is -0.433. The lowest BCUT2D eigenvalue weighted by atomic mass is 10.2. The molecule has 25 heavy (non-hydrogen) atoms. The summed E-state index contributed by atoms with van der Waals surface area (Å²) in [5.41, 5.74) is 0.344. The van der Waals surface area contributed by atoms with Gasteiger partial charge in [0.15, 0.2) is 5.13 Å². The molecule has 0 aliphatic rings. The van der Waals surface area contributed by atoms with Crippen molar-refractivity contribution in [3.63, 3.8) is 0 Å². The number of benzene rings is 1. The molecule has 7 nitrogen and oxygen atoms in total. The van der Waals surface area contributed by atoms with Crippen molar-refractivity contribution in [2.24, 2.45) is 0 Å². The lowest BCUT2D eigenvalue weighted by molar-refractivity contribution is 0.0701. The zero-order valence-electron chi connectivity index (χ0n) is 14.2. The summed E-state index contributed by atoms with van der Waals surface area (Å²) in [4.78, 5) is 27.3. The molecule has 0 atom stereocenters. The van der Waals surface area contributed by atoms with E-state index in [9.17, 15) is 9.59 Å². The van der Waals surface area contributed by atoms with Crippen molar-refractivity contribution >= 4 is 28.3 Å². The Balaban J connectivity index is 2.21. The number of carboxylic acids is 1. The largest absolute Gasteiger partial charge is 0.493 e. The fourth-order valence-corrected chi connectivity index (χ4v) is 2.60. The molecule has 2 N–H and O–H groups in total. The number of carboxylic acid groups (broad SMARTS) is 1. The number of hydrogen-bond donors (Lipinski definition) is 2. The summed E-state index contributed by atoms with van der Waals surface area (Å²) in [6.07, 6.45) is 2.00. The molecule has 0 fully saturated rings. The van der Waals surface area contributed by atoms with E-state index in [-0.39, 0.29) is 16.1 Å². The summed E-state index contributed by atoms with van der Waals surface area (Å²) in [6, 6.07) is 4.96. The number of hydrogen-bond acceptors (Lipinski definition) is 6. The molecule has 0 saturated heterocycles. The van der Waals surface area contributed by atoms with Gasteiger partial charge in [-0.25, -0.2) is 9.78 Å². The van der Waals surface area contributed by atoms with Crippen molar-refractivity contribution < 1.29 is 24.2 Å². The monoisotopic (exact) mass is 364 g/mol. The van der Waals surface area contributed by atoms with Crippen molar-refractivity contribution in [3.05, 3.63) is 34.8 Å². The number of anilines is 1. The van der Waals surface area contributed by atoms with E-state index in [0.717, 1.165) is 17.8 Å². The predicted molar refractivity (Wildman–Crippen MR) is 95.0 cm³/mol. The number of nitrogens with one attached hydrogen (secondary N) is 1. The molecule has 0 spiro atoms. The molecule has 1 heterocycles. The maximum Gasteiger partial charge on any atom is 0.347 e. The second-order valence-electron chi connectivity index (χ2n) is 5.50. The SMILES string of the molecule is CCCOc1cc(OC(C)C)cc(C(=O)Nc2ncc(C(=O)O)s2)c1. The summed E-state index contributed by atoms with van der Waals surface area (Å²) in [7, 11) is 0. The highest BCUT2D eigenvalue weighted by Gasteiger charge is 2.15. The maximum atomic E-state index is 12.5. The summed E-state index contributed by atoms with van der Waals surface area (Å²) in [6.45, 7) is 6.30. The van der Waals surface area contributed by atoms with E-state index in [1.165, 1.54) is 6.20 Å². The van der Waals surface area contributed by atoms with Crippen molar-refractivity contribution in [1.29, 1.82) is 0 Å². The van der Waals surface area contributed by atoms with Gasteiger partial charge in [0.25, 0.3) is 5.91 Å². The van der Waals surface area contributed by atoms with Crippen LogP contribution in [-0.2, 0) is 0 Å². The van der Waals surface area contributed by atoms with E-state index < -0.39 is 11.9 Å². The Morgan fingerprint density at radius 3 is 2.60 bits per heavy atom. The normalized spacial score (nSPS) is 10.6. The van der Waals surface area contributed by atoms with Crippen LogP contribution in [0.3, 0.4) is 0 Å². The molecule has 2 rings (SSSR count). The van der Waals surface area contributed by atoms with Crippen molar-refractivity contribution in [2.45, 2.75) is 33.3 Å². The van der Waals surface area contributed by atoms with Crippen LogP contribution in [0, 0.1) is 0 Å². The van der Waals surface area contributed by atoms with Crippen molar-refractivity contribution in [3.8, 4) is 11.5 Å². The minimum absolute atomic E-state index is 0.0468. The van der Waals surface area contributed by atoms with Crippen LogP contribution in [0.4, 0.5) is 5.13 Å². The second-order valence-corrected chi connectivity index (χ2v) is 6.53. The molecule has 1 aromatic heterocycles. The lowest BCUT2D eigenvalue weighted by Gasteiger charge is -2.13. The Morgan fingerprint density at radius 2 is 2.00 bits per heavy atom. The van der Waals surface area contributed by atoms with Gasteiger partial charge >= 0.3 is 5.97 Å². The highest BCUT2D eigenvalue weighted by atomic mass is 32.1. The fourth-order valence-electron chi connectivity index (χ4n) is 1.95. The number of aromatic carboxylic acids is 1. The topological polar surface area (TPSA) is 97.8 Å². The first kappa shape index (κ1) is 18.7. The number of rotatable bonds is 8. The Kier molecular flexibility index (Phi) is 6.35. The molecule has 0 aliphatic heterocycles. The van der Waals surface area contributed by atoms with Gasteiger partial charge in [-0.2, -0.15) is 0 Å². The first-order valence-corrected chi connectivity index (χ1v) is 8.65. The smallest absolute Gasteiger partial charge is 0.347 e. The molecule has 0 aliphatic carbocycles. The summed E-state index contributed by atoms with van der Waals surface area (Å²) in [5, 5.41) is 11.7. The van der Waals surface area contributed by atoms with Crippen LogP contribution in [-0.4, -0.2) is 34.7 Å². The molecule has 1 aromatic carbocycles. The molecule has 0 unspecified atom stereocenters. The van der Waals surface area contributed by atoms with E-state index in [0.29, 0.717) is 23.7 Å². The van der Waals surface area contributed by atoms with Gasteiger partial charge in [0, 0.05) is 11.6 Å². The molecule has 0 radical (unpaired) electrons. The van der Waals surface area contributed by atoms with Crippen molar-refractivity contribution in [2.75, 3.05) is 11.9 Å². The van der Waals surface area contributed by atoms with E-state index in [2.05, 4.69) is 10.3 Å². The second kappa shape index (κ2) is 8.48. The Hall–Kier alpha value is -2.61. The molecule has 2 aromatic rings. The Morgan fingerprint density at radius 1 is 1.28 bits per heavy atom. The third-order valence-corrected chi connectivity index (χ3v) is 3.82. The van der Waals surface area contributed by atoms with Gasteiger partial charge in [-0.3, -0.25) is 10.1 Å². The Labute approximate surface area is 149 Å². The van der Waals surface area contributed by atoms with E-state index in [1.54, 1.807) is 18.2 Å². The molecular formula is C17H20N2O5S. The standard InChI is InChI=1S/C17H20N2O5S/c1-4-5-23-12-6-11(7-13(8-12)24-10(2)3)15(20)19-17-18-9-14(25-17)16(21)22/h6-10H,4-5H2,1-3H3,(H,21,22)(H,18,19,20). The molecular weight excluding hydrogens is 344 g/mol. The molecule has 0 saturated carbocycles. The molecule has 1 amide bonds.